The van der Waals surface area contributed by atoms with Gasteiger partial charge in [0.25, 0.3) is 0 Å². The van der Waals surface area contributed by atoms with Crippen LogP contribution in [0.3, 0.4) is 0 Å². The zero-order valence-corrected chi connectivity index (χ0v) is 30.1. The molecule has 0 aliphatic carbocycles. The van der Waals surface area contributed by atoms with Gasteiger partial charge in [-0.15, -0.1) is 0 Å². The molecular formula is C37H50N4O6S. The van der Waals surface area contributed by atoms with Crippen LogP contribution >= 0.6 is 0 Å². The summed E-state index contributed by atoms with van der Waals surface area (Å²) in [6.07, 6.45) is 4.60. The Kier molecular flexibility index (Phi) is 12.9. The lowest BCUT2D eigenvalue weighted by Gasteiger charge is -2.35. The van der Waals surface area contributed by atoms with Crippen LogP contribution in [0.15, 0.2) is 84.9 Å². The highest BCUT2D eigenvalue weighted by Crippen LogP contribution is 2.20. The standard InChI is InChI=1S/C37H50N4O6S/c1-36(2,3)47-35(44)39-37(4,5)22-14-19-33(42)41(7)32(25-28-20-21-29-17-12-13-18-30(29)23-28)34(43)40(6)31(26-38-48(8,45)46)24-27-15-10-9-11-16-27/h9-21,23,31-32,38H,22,24-26H2,1-8H3,(H,39,44)/b19-14+/t31-,32-/m1/s1. The Hall–Kier alpha value is -4.22. The number of benzene rings is 3. The van der Waals surface area contributed by atoms with E-state index >= 15 is 0 Å². The molecule has 0 saturated carbocycles. The summed E-state index contributed by atoms with van der Waals surface area (Å²) in [6.45, 7) is 9.02. The number of sulfonamides is 1. The van der Waals surface area contributed by atoms with Gasteiger partial charge in [-0.1, -0.05) is 78.9 Å². The van der Waals surface area contributed by atoms with Crippen LogP contribution in [0, 0.1) is 0 Å². The molecule has 0 aliphatic rings. The second-order valence-electron chi connectivity index (χ2n) is 13.9. The van der Waals surface area contributed by atoms with E-state index in [1.165, 1.54) is 15.9 Å². The Morgan fingerprint density at radius 2 is 1.46 bits per heavy atom. The molecule has 10 nitrogen and oxygen atoms in total. The number of alkyl carbamates (subject to hydrolysis) is 1. The Bertz CT molecular complexity index is 1700. The highest BCUT2D eigenvalue weighted by Gasteiger charge is 2.32. The molecule has 0 aliphatic heterocycles. The third kappa shape index (κ3) is 12.4. The molecule has 2 N–H and O–H groups in total. The van der Waals surface area contributed by atoms with Crippen molar-refractivity contribution < 1.29 is 27.5 Å². The first kappa shape index (κ1) is 38.2. The van der Waals surface area contributed by atoms with E-state index in [0.29, 0.717) is 12.8 Å². The van der Waals surface area contributed by atoms with E-state index in [2.05, 4.69) is 10.0 Å². The highest BCUT2D eigenvalue weighted by atomic mass is 32.2. The summed E-state index contributed by atoms with van der Waals surface area (Å²) in [5.41, 5.74) is 0.476. The predicted molar refractivity (Wildman–Crippen MR) is 191 cm³/mol. The number of hydrogen-bond donors (Lipinski definition) is 2. The van der Waals surface area contributed by atoms with Gasteiger partial charge in [0.05, 0.1) is 6.26 Å². The maximum absolute atomic E-state index is 14.4. The first-order valence-electron chi connectivity index (χ1n) is 16.0. The number of carbonyl (C=O) groups excluding carboxylic acids is 3. The van der Waals surface area contributed by atoms with Crippen LogP contribution in [0.2, 0.25) is 0 Å². The van der Waals surface area contributed by atoms with Crippen molar-refractivity contribution in [2.45, 2.75) is 77.1 Å². The minimum atomic E-state index is -3.53. The number of carbonyl (C=O) groups is 3. The Morgan fingerprint density at radius 1 is 0.833 bits per heavy atom. The molecule has 0 spiro atoms. The molecule has 3 aromatic rings. The van der Waals surface area contributed by atoms with Crippen molar-refractivity contribution in [3.05, 3.63) is 96.1 Å². The van der Waals surface area contributed by atoms with Crippen LogP contribution in [-0.2, 0) is 37.2 Å². The zero-order chi connectivity index (χ0) is 35.7. The average Bonchev–Trinajstić information content (AvgIpc) is 2.99. The third-order valence-corrected chi connectivity index (χ3v) is 8.55. The van der Waals surface area contributed by atoms with Gasteiger partial charge >= 0.3 is 6.09 Å². The first-order chi connectivity index (χ1) is 22.3. The Labute approximate surface area is 285 Å². The van der Waals surface area contributed by atoms with Crippen LogP contribution in [0.5, 0.6) is 0 Å². The molecule has 0 unspecified atom stereocenters. The number of likely N-dealkylation sites (N-methyl/N-ethyl adjacent to an activating group) is 2. The smallest absolute Gasteiger partial charge is 0.408 e. The number of nitrogens with one attached hydrogen (secondary N) is 2. The number of hydrogen-bond acceptors (Lipinski definition) is 6. The van der Waals surface area contributed by atoms with Gasteiger partial charge in [0, 0.05) is 38.6 Å². The van der Waals surface area contributed by atoms with Crippen LogP contribution in [0.1, 0.15) is 52.2 Å². The minimum absolute atomic E-state index is 0.00988. The van der Waals surface area contributed by atoms with Gasteiger partial charge in [0.1, 0.15) is 11.6 Å². The summed E-state index contributed by atoms with van der Waals surface area (Å²) in [6, 6.07) is 22.0. The van der Waals surface area contributed by atoms with E-state index in [1.54, 1.807) is 40.9 Å². The van der Waals surface area contributed by atoms with E-state index in [1.807, 2.05) is 86.6 Å². The number of amides is 3. The van der Waals surface area contributed by atoms with Crippen molar-refractivity contribution in [3.8, 4) is 0 Å². The van der Waals surface area contributed by atoms with Crippen LogP contribution < -0.4 is 10.0 Å². The molecule has 0 heterocycles. The molecule has 260 valence electrons. The molecule has 0 radical (unpaired) electrons. The second kappa shape index (κ2) is 16.3. The van der Waals surface area contributed by atoms with Gasteiger partial charge in [-0.2, -0.15) is 0 Å². The quantitative estimate of drug-likeness (QED) is 0.229. The van der Waals surface area contributed by atoms with Crippen molar-refractivity contribution in [2.75, 3.05) is 26.9 Å². The molecule has 0 bridgehead atoms. The molecule has 0 aromatic heterocycles. The fourth-order valence-corrected chi connectivity index (χ4v) is 5.73. The fourth-order valence-electron chi connectivity index (χ4n) is 5.23. The van der Waals surface area contributed by atoms with Crippen LogP contribution in [0.4, 0.5) is 4.79 Å². The number of nitrogens with zero attached hydrogens (tertiary/aromatic N) is 2. The van der Waals surface area contributed by atoms with Crippen molar-refractivity contribution in [1.29, 1.82) is 0 Å². The maximum atomic E-state index is 14.4. The predicted octanol–water partition coefficient (Wildman–Crippen LogP) is 5.08. The first-order valence-corrected chi connectivity index (χ1v) is 17.9. The Balaban J connectivity index is 1.88. The fraction of sp³-hybridized carbons (Fsp3) is 0.432. The number of ether oxygens (including phenoxy) is 1. The summed E-state index contributed by atoms with van der Waals surface area (Å²) in [7, 11) is -0.287. The SMILES string of the molecule is CN(C(=O)[C@@H](Cc1ccc2ccccc2c1)N(C)C(=O)/C=C/CC(C)(C)NC(=O)OC(C)(C)C)[C@@H](CNS(C)(=O)=O)Cc1ccccc1. The van der Waals surface area contributed by atoms with Crippen molar-refractivity contribution in [2.24, 2.45) is 0 Å². The summed E-state index contributed by atoms with van der Waals surface area (Å²) in [4.78, 5) is 43.2. The molecule has 48 heavy (non-hydrogen) atoms. The van der Waals surface area contributed by atoms with Gasteiger partial charge < -0.3 is 19.9 Å². The minimum Gasteiger partial charge on any atom is -0.444 e. The summed E-state index contributed by atoms with van der Waals surface area (Å²) >= 11 is 0. The van der Waals surface area contributed by atoms with Gasteiger partial charge in [0.2, 0.25) is 21.8 Å². The van der Waals surface area contributed by atoms with E-state index in [0.717, 1.165) is 28.2 Å². The van der Waals surface area contributed by atoms with Crippen LogP contribution in [0.25, 0.3) is 10.8 Å². The van der Waals surface area contributed by atoms with E-state index in [4.69, 9.17) is 4.74 Å². The number of fused-ring (bicyclic) bond motifs is 1. The molecule has 3 aromatic carbocycles. The second-order valence-corrected chi connectivity index (χ2v) is 15.7. The van der Waals surface area contributed by atoms with Crippen molar-refractivity contribution in [1.82, 2.24) is 19.8 Å². The van der Waals surface area contributed by atoms with E-state index < -0.39 is 39.3 Å². The molecule has 0 fully saturated rings. The molecular weight excluding hydrogens is 628 g/mol. The van der Waals surface area contributed by atoms with Crippen molar-refractivity contribution >= 4 is 38.7 Å². The monoisotopic (exact) mass is 678 g/mol. The zero-order valence-electron chi connectivity index (χ0n) is 29.3. The normalized spacial score (nSPS) is 13.6. The van der Waals surface area contributed by atoms with Gasteiger partial charge in [0.15, 0.2) is 0 Å². The van der Waals surface area contributed by atoms with Crippen molar-refractivity contribution in [3.63, 3.8) is 0 Å². The van der Waals surface area contributed by atoms with E-state index in [-0.39, 0.29) is 24.8 Å². The average molecular weight is 679 g/mol. The van der Waals surface area contributed by atoms with Gasteiger partial charge in [-0.3, -0.25) is 9.59 Å². The largest absolute Gasteiger partial charge is 0.444 e. The van der Waals surface area contributed by atoms with Gasteiger partial charge in [-0.25, -0.2) is 17.9 Å². The molecule has 2 atom stereocenters. The molecule has 3 amide bonds. The summed E-state index contributed by atoms with van der Waals surface area (Å²) in [5, 5.41) is 4.90. The van der Waals surface area contributed by atoms with Crippen LogP contribution in [-0.4, -0.2) is 86.2 Å². The number of rotatable bonds is 14. The third-order valence-electron chi connectivity index (χ3n) is 7.86. The lowest BCUT2D eigenvalue weighted by Crippen LogP contribution is -2.54. The highest BCUT2D eigenvalue weighted by molar-refractivity contribution is 7.88. The summed E-state index contributed by atoms with van der Waals surface area (Å²) in [5.74, 6) is -0.708. The molecule has 0 saturated heterocycles. The van der Waals surface area contributed by atoms with E-state index in [9.17, 15) is 22.8 Å². The molecule has 11 heteroatoms. The summed E-state index contributed by atoms with van der Waals surface area (Å²) < 4.78 is 32.0. The lowest BCUT2D eigenvalue weighted by atomic mass is 9.98. The topological polar surface area (TPSA) is 125 Å². The lowest BCUT2D eigenvalue weighted by molar-refractivity contribution is -0.142. The maximum Gasteiger partial charge on any atom is 0.408 e. The Morgan fingerprint density at radius 3 is 2.08 bits per heavy atom. The van der Waals surface area contributed by atoms with Gasteiger partial charge in [-0.05, 0) is 75.4 Å². The molecule has 3 rings (SSSR count).